The first-order valence-corrected chi connectivity index (χ1v) is 11.5. The maximum atomic E-state index is 12.9. The van der Waals surface area contributed by atoms with E-state index in [2.05, 4.69) is 6.58 Å². The number of allylic oxidation sites excluding steroid dienone is 1. The van der Waals surface area contributed by atoms with Gasteiger partial charge in [-0.3, -0.25) is 4.90 Å². The molecule has 2 aromatic heterocycles. The van der Waals surface area contributed by atoms with Crippen LogP contribution in [-0.2, 0) is 9.47 Å². The minimum atomic E-state index is -0.600. The lowest BCUT2D eigenvalue weighted by molar-refractivity contribution is -0.0351. The zero-order chi connectivity index (χ0) is 24.5. The number of hydrogen-bond donors (Lipinski definition) is 0. The fourth-order valence-corrected chi connectivity index (χ4v) is 3.79. The average Bonchev–Trinajstić information content (AvgIpc) is 3.45. The van der Waals surface area contributed by atoms with E-state index >= 15 is 0 Å². The highest BCUT2D eigenvalue weighted by Gasteiger charge is 2.35. The quantitative estimate of drug-likeness (QED) is 0.517. The van der Waals surface area contributed by atoms with Crippen LogP contribution in [0.3, 0.4) is 0 Å². The van der Waals surface area contributed by atoms with E-state index in [0.717, 1.165) is 11.3 Å². The normalized spacial score (nSPS) is 17.4. The first-order chi connectivity index (χ1) is 16.2. The van der Waals surface area contributed by atoms with Gasteiger partial charge in [0.15, 0.2) is 11.6 Å². The van der Waals surface area contributed by atoms with Gasteiger partial charge < -0.3 is 9.47 Å². The number of para-hydroxylation sites is 1. The lowest BCUT2D eigenvalue weighted by Gasteiger charge is -2.35. The van der Waals surface area contributed by atoms with Crippen LogP contribution in [0.2, 0.25) is 0 Å². The number of nitrogens with zero attached hydrogens (tertiary/aromatic N) is 6. The maximum absolute atomic E-state index is 12.9. The van der Waals surface area contributed by atoms with Crippen LogP contribution in [0.1, 0.15) is 51.2 Å². The summed E-state index contributed by atoms with van der Waals surface area (Å²) in [7, 11) is 0. The van der Waals surface area contributed by atoms with Crippen molar-refractivity contribution in [3.63, 3.8) is 0 Å². The molecule has 1 aliphatic heterocycles. The summed E-state index contributed by atoms with van der Waals surface area (Å²) in [5, 5.41) is 9.54. The van der Waals surface area contributed by atoms with E-state index in [0.29, 0.717) is 37.1 Å². The van der Waals surface area contributed by atoms with E-state index in [9.17, 15) is 4.79 Å². The largest absolute Gasteiger partial charge is 0.444 e. The third-order valence-electron chi connectivity index (χ3n) is 5.61. The van der Waals surface area contributed by atoms with Gasteiger partial charge in [0.2, 0.25) is 0 Å². The van der Waals surface area contributed by atoms with Crippen molar-refractivity contribution in [2.24, 2.45) is 0 Å². The molecule has 1 aromatic carbocycles. The van der Waals surface area contributed by atoms with Crippen molar-refractivity contribution in [2.45, 2.75) is 52.3 Å². The average molecular weight is 465 g/mol. The number of aromatic nitrogens is 5. The smallest absolute Gasteiger partial charge is 0.411 e. The first-order valence-electron chi connectivity index (χ1n) is 11.5. The highest BCUT2D eigenvalue weighted by atomic mass is 16.6. The molecule has 34 heavy (non-hydrogen) atoms. The van der Waals surface area contributed by atoms with Crippen LogP contribution < -0.4 is 0 Å². The van der Waals surface area contributed by atoms with Crippen molar-refractivity contribution in [3.8, 4) is 17.2 Å². The van der Waals surface area contributed by atoms with Crippen molar-refractivity contribution in [1.29, 1.82) is 0 Å². The van der Waals surface area contributed by atoms with Crippen LogP contribution in [0.5, 0.6) is 0 Å². The molecule has 1 fully saturated rings. The topological polar surface area (TPSA) is 87.3 Å². The van der Waals surface area contributed by atoms with E-state index in [-0.39, 0.29) is 6.04 Å². The van der Waals surface area contributed by atoms with Gasteiger partial charge in [0.1, 0.15) is 17.3 Å². The highest BCUT2D eigenvalue weighted by molar-refractivity contribution is 5.69. The monoisotopic (exact) mass is 464 g/mol. The summed E-state index contributed by atoms with van der Waals surface area (Å²) >= 11 is 0. The summed E-state index contributed by atoms with van der Waals surface area (Å²) in [6.45, 7) is 14.6. The van der Waals surface area contributed by atoms with Gasteiger partial charge in [-0.05, 0) is 52.3 Å². The van der Waals surface area contributed by atoms with E-state index in [1.165, 1.54) is 0 Å². The number of carbonyl (C=O) groups excluding carboxylic acids is 1. The summed E-state index contributed by atoms with van der Waals surface area (Å²) in [5.41, 5.74) is 2.19. The number of aryl methyl sites for hydroxylation is 1. The molecular formula is C25H32N6O3. The van der Waals surface area contributed by atoms with Crippen molar-refractivity contribution in [1.82, 2.24) is 29.4 Å². The zero-order valence-electron chi connectivity index (χ0n) is 20.4. The molecule has 2 unspecified atom stereocenters. The van der Waals surface area contributed by atoms with Crippen molar-refractivity contribution < 1.29 is 14.3 Å². The predicted octanol–water partition coefficient (Wildman–Crippen LogP) is 4.49. The number of benzene rings is 1. The van der Waals surface area contributed by atoms with Crippen LogP contribution in [-0.4, -0.2) is 60.9 Å². The van der Waals surface area contributed by atoms with Gasteiger partial charge >= 0.3 is 6.09 Å². The summed E-state index contributed by atoms with van der Waals surface area (Å²) in [6, 6.07) is 9.38. The number of rotatable bonds is 5. The highest BCUT2D eigenvalue weighted by Crippen LogP contribution is 2.28. The molecule has 180 valence electrons. The Kier molecular flexibility index (Phi) is 6.56. The van der Waals surface area contributed by atoms with Gasteiger partial charge in [-0.1, -0.05) is 24.3 Å². The molecule has 0 aliphatic carbocycles. The van der Waals surface area contributed by atoms with Crippen molar-refractivity contribution >= 4 is 6.09 Å². The molecule has 9 heteroatoms. The zero-order valence-corrected chi connectivity index (χ0v) is 20.4. The summed E-state index contributed by atoms with van der Waals surface area (Å²) in [4.78, 5) is 19.4. The van der Waals surface area contributed by atoms with E-state index in [1.54, 1.807) is 15.7 Å². The van der Waals surface area contributed by atoms with E-state index < -0.39 is 17.7 Å². The Balaban J connectivity index is 1.71. The molecule has 2 atom stereocenters. The Bertz CT molecular complexity index is 1180. The molecular weight excluding hydrogens is 432 g/mol. The SMILES string of the molecule is C=CC(C)n1nc(C2COCCN2C(=O)OC(C)(C)C)nc1-c1ccn(-c2ccccc2C)n1. The van der Waals surface area contributed by atoms with E-state index in [1.807, 2.05) is 75.8 Å². The molecule has 3 aromatic rings. The van der Waals surface area contributed by atoms with Crippen molar-refractivity contribution in [2.75, 3.05) is 19.8 Å². The summed E-state index contributed by atoms with van der Waals surface area (Å²) in [5.74, 6) is 1.09. The molecule has 1 amide bonds. The van der Waals surface area contributed by atoms with Crippen LogP contribution in [0.4, 0.5) is 4.79 Å². The minimum Gasteiger partial charge on any atom is -0.444 e. The summed E-state index contributed by atoms with van der Waals surface area (Å²) in [6.07, 6.45) is 3.30. The Morgan fingerprint density at radius 1 is 1.26 bits per heavy atom. The van der Waals surface area contributed by atoms with Crippen LogP contribution in [0.15, 0.2) is 49.2 Å². The lowest BCUT2D eigenvalue weighted by Crippen LogP contribution is -2.46. The Morgan fingerprint density at radius 3 is 2.74 bits per heavy atom. The van der Waals surface area contributed by atoms with Gasteiger partial charge in [-0.15, -0.1) is 6.58 Å². The molecule has 0 radical (unpaired) electrons. The summed E-state index contributed by atoms with van der Waals surface area (Å²) < 4.78 is 14.9. The molecule has 0 saturated carbocycles. The van der Waals surface area contributed by atoms with Gasteiger partial charge in [0.25, 0.3) is 0 Å². The number of amides is 1. The lowest BCUT2D eigenvalue weighted by atomic mass is 10.2. The number of hydrogen-bond acceptors (Lipinski definition) is 6. The molecule has 4 rings (SSSR count). The Labute approximate surface area is 200 Å². The third kappa shape index (κ3) is 4.89. The minimum absolute atomic E-state index is 0.126. The van der Waals surface area contributed by atoms with Gasteiger partial charge in [-0.2, -0.15) is 10.2 Å². The number of ether oxygens (including phenoxy) is 2. The second kappa shape index (κ2) is 9.42. The molecule has 1 saturated heterocycles. The molecule has 0 bridgehead atoms. The van der Waals surface area contributed by atoms with Crippen LogP contribution in [0, 0.1) is 6.92 Å². The van der Waals surface area contributed by atoms with Gasteiger partial charge in [-0.25, -0.2) is 19.1 Å². The molecule has 9 nitrogen and oxygen atoms in total. The number of carbonyl (C=O) groups is 1. The molecule has 1 aliphatic rings. The standard InChI is InChI=1S/C25H32N6O3/c1-7-18(3)31-23(19-12-13-30(27-19)20-11-9-8-10-17(20)2)26-22(28-31)21-16-33-15-14-29(21)24(32)34-25(4,5)6/h7-13,18,21H,1,14-16H2,2-6H3. The van der Waals surface area contributed by atoms with Gasteiger partial charge in [0.05, 0.1) is 24.9 Å². The second-order valence-corrected chi connectivity index (χ2v) is 9.41. The van der Waals surface area contributed by atoms with Crippen LogP contribution >= 0.6 is 0 Å². The first kappa shape index (κ1) is 23.7. The fraction of sp³-hybridized carbons (Fsp3) is 0.440. The number of morpholine rings is 1. The third-order valence-corrected chi connectivity index (χ3v) is 5.61. The second-order valence-electron chi connectivity index (χ2n) is 9.41. The Hall–Kier alpha value is -3.46. The molecule has 0 spiro atoms. The molecule has 0 N–H and O–H groups in total. The Morgan fingerprint density at radius 2 is 2.03 bits per heavy atom. The molecule has 3 heterocycles. The maximum Gasteiger partial charge on any atom is 0.411 e. The fourth-order valence-electron chi connectivity index (χ4n) is 3.79. The van der Waals surface area contributed by atoms with Crippen molar-refractivity contribution in [3.05, 3.63) is 60.6 Å². The van der Waals surface area contributed by atoms with Gasteiger partial charge in [0, 0.05) is 12.7 Å². The predicted molar refractivity (Wildman–Crippen MR) is 129 cm³/mol. The van der Waals surface area contributed by atoms with E-state index in [4.69, 9.17) is 24.7 Å². The van der Waals surface area contributed by atoms with Crippen LogP contribution in [0.25, 0.3) is 17.2 Å².